The quantitative estimate of drug-likeness (QED) is 0.807. The van der Waals surface area contributed by atoms with Crippen LogP contribution in [0.1, 0.15) is 40.5 Å². The number of carbonyl (C=O) groups is 2. The summed E-state index contributed by atoms with van der Waals surface area (Å²) in [6.07, 6.45) is 5.15. The molecule has 0 aliphatic carbocycles. The molecule has 0 radical (unpaired) electrons. The highest BCUT2D eigenvalue weighted by molar-refractivity contribution is 6.21. The zero-order valence-corrected chi connectivity index (χ0v) is 11.0. The van der Waals surface area contributed by atoms with Crippen molar-refractivity contribution in [2.75, 3.05) is 19.6 Å². The van der Waals surface area contributed by atoms with Gasteiger partial charge in [-0.15, -0.1) is 0 Å². The lowest BCUT2D eigenvalue weighted by atomic mass is 9.82. The number of fused-ring (bicyclic) bond motifs is 1. The van der Waals surface area contributed by atoms with E-state index in [9.17, 15) is 9.59 Å². The van der Waals surface area contributed by atoms with E-state index in [0.29, 0.717) is 17.7 Å². The molecular weight excluding hydrogens is 242 g/mol. The molecule has 1 aromatic rings. The second-order valence-electron chi connectivity index (χ2n) is 5.71. The molecule has 2 amide bonds. The Balaban J connectivity index is 1.84. The molecule has 3 heterocycles. The number of imide groups is 1. The standard InChI is InChI=1S/C14H17N3O2/c1-14(4-2-5-16-8-14)9-17-12(18)10-3-6-15-7-11(10)13(17)19/h3,6-7,16H,2,4-5,8-9H2,1H3. The minimum Gasteiger partial charge on any atom is -0.316 e. The summed E-state index contributed by atoms with van der Waals surface area (Å²) in [5, 5.41) is 3.34. The van der Waals surface area contributed by atoms with E-state index in [-0.39, 0.29) is 17.2 Å². The number of aromatic nitrogens is 1. The molecule has 1 aromatic heterocycles. The minimum absolute atomic E-state index is 0.0287. The largest absolute Gasteiger partial charge is 0.316 e. The van der Waals surface area contributed by atoms with Crippen molar-refractivity contribution in [3.63, 3.8) is 0 Å². The fourth-order valence-corrected chi connectivity index (χ4v) is 2.91. The average molecular weight is 259 g/mol. The van der Waals surface area contributed by atoms with Crippen LogP contribution in [-0.2, 0) is 0 Å². The first-order valence-electron chi connectivity index (χ1n) is 6.62. The van der Waals surface area contributed by atoms with Gasteiger partial charge in [-0.3, -0.25) is 19.5 Å². The molecule has 1 unspecified atom stereocenters. The number of rotatable bonds is 2. The number of nitrogens with one attached hydrogen (secondary N) is 1. The molecule has 1 N–H and O–H groups in total. The summed E-state index contributed by atoms with van der Waals surface area (Å²) < 4.78 is 0. The normalized spacial score (nSPS) is 26.7. The molecule has 19 heavy (non-hydrogen) atoms. The van der Waals surface area contributed by atoms with Crippen molar-refractivity contribution >= 4 is 11.8 Å². The second-order valence-corrected chi connectivity index (χ2v) is 5.71. The number of nitrogens with zero attached hydrogens (tertiary/aromatic N) is 2. The van der Waals surface area contributed by atoms with Crippen LogP contribution in [0.15, 0.2) is 18.5 Å². The van der Waals surface area contributed by atoms with Crippen molar-refractivity contribution in [3.05, 3.63) is 29.6 Å². The second kappa shape index (κ2) is 4.42. The van der Waals surface area contributed by atoms with Gasteiger partial charge in [0.1, 0.15) is 0 Å². The van der Waals surface area contributed by atoms with Gasteiger partial charge in [-0.1, -0.05) is 6.92 Å². The highest BCUT2D eigenvalue weighted by atomic mass is 16.2. The van der Waals surface area contributed by atoms with Gasteiger partial charge in [0.05, 0.1) is 11.1 Å². The van der Waals surface area contributed by atoms with E-state index in [1.807, 2.05) is 0 Å². The third kappa shape index (κ3) is 2.04. The van der Waals surface area contributed by atoms with E-state index in [0.717, 1.165) is 25.9 Å². The molecule has 1 fully saturated rings. The third-order valence-electron chi connectivity index (χ3n) is 4.00. The van der Waals surface area contributed by atoms with Crippen LogP contribution in [0.2, 0.25) is 0 Å². The van der Waals surface area contributed by atoms with Crippen LogP contribution in [-0.4, -0.2) is 41.3 Å². The molecule has 5 nitrogen and oxygen atoms in total. The zero-order chi connectivity index (χ0) is 13.5. The predicted octanol–water partition coefficient (Wildman–Crippen LogP) is 1.07. The molecule has 0 bridgehead atoms. The molecule has 100 valence electrons. The molecule has 0 aromatic carbocycles. The Hall–Kier alpha value is -1.75. The van der Waals surface area contributed by atoms with Gasteiger partial charge in [0.2, 0.25) is 0 Å². The molecule has 1 saturated heterocycles. The first-order valence-corrected chi connectivity index (χ1v) is 6.62. The molecule has 5 heteroatoms. The van der Waals surface area contributed by atoms with Crippen LogP contribution in [0.25, 0.3) is 0 Å². The van der Waals surface area contributed by atoms with Crippen LogP contribution < -0.4 is 5.32 Å². The number of piperidine rings is 1. The molecule has 2 aliphatic rings. The van der Waals surface area contributed by atoms with Crippen LogP contribution in [0.3, 0.4) is 0 Å². The van der Waals surface area contributed by atoms with E-state index in [1.165, 1.54) is 11.1 Å². The van der Waals surface area contributed by atoms with E-state index < -0.39 is 0 Å². The number of pyridine rings is 1. The SMILES string of the molecule is CC1(CN2C(=O)c3ccncc3C2=O)CCCNC1. The lowest BCUT2D eigenvalue weighted by Crippen LogP contribution is -2.47. The maximum atomic E-state index is 12.3. The van der Waals surface area contributed by atoms with Gasteiger partial charge in [-0.05, 0) is 30.9 Å². The van der Waals surface area contributed by atoms with Gasteiger partial charge in [-0.2, -0.15) is 0 Å². The number of carbonyl (C=O) groups excluding carboxylic acids is 2. The Morgan fingerprint density at radius 1 is 1.37 bits per heavy atom. The molecular formula is C14H17N3O2. The highest BCUT2D eigenvalue weighted by Gasteiger charge is 2.40. The summed E-state index contributed by atoms with van der Waals surface area (Å²) in [6.45, 7) is 4.47. The fourth-order valence-electron chi connectivity index (χ4n) is 2.91. The minimum atomic E-state index is -0.208. The molecule has 3 rings (SSSR count). The van der Waals surface area contributed by atoms with Gasteiger partial charge in [0, 0.05) is 25.5 Å². The lowest BCUT2D eigenvalue weighted by Gasteiger charge is -2.36. The van der Waals surface area contributed by atoms with Crippen molar-refractivity contribution in [1.29, 1.82) is 0 Å². The van der Waals surface area contributed by atoms with E-state index >= 15 is 0 Å². The van der Waals surface area contributed by atoms with Crippen molar-refractivity contribution in [1.82, 2.24) is 15.2 Å². The molecule has 2 aliphatic heterocycles. The van der Waals surface area contributed by atoms with Crippen LogP contribution in [0, 0.1) is 5.41 Å². The summed E-state index contributed by atoms with van der Waals surface area (Å²) >= 11 is 0. The monoisotopic (exact) mass is 259 g/mol. The van der Waals surface area contributed by atoms with Crippen molar-refractivity contribution in [2.24, 2.45) is 5.41 Å². The Bertz CT molecular complexity index is 500. The van der Waals surface area contributed by atoms with Gasteiger partial charge in [0.15, 0.2) is 0 Å². The number of hydrogen-bond acceptors (Lipinski definition) is 4. The van der Waals surface area contributed by atoms with Crippen LogP contribution in [0.5, 0.6) is 0 Å². The van der Waals surface area contributed by atoms with E-state index in [2.05, 4.69) is 17.2 Å². The Morgan fingerprint density at radius 3 is 2.84 bits per heavy atom. The van der Waals surface area contributed by atoms with Crippen molar-refractivity contribution in [2.45, 2.75) is 19.8 Å². The molecule has 0 saturated carbocycles. The summed E-state index contributed by atoms with van der Waals surface area (Å²) in [5.41, 5.74) is 0.881. The van der Waals surface area contributed by atoms with Crippen LogP contribution in [0.4, 0.5) is 0 Å². The highest BCUT2D eigenvalue weighted by Crippen LogP contribution is 2.30. The fraction of sp³-hybridized carbons (Fsp3) is 0.500. The third-order valence-corrected chi connectivity index (χ3v) is 4.00. The van der Waals surface area contributed by atoms with E-state index in [4.69, 9.17) is 0 Å². The van der Waals surface area contributed by atoms with Crippen molar-refractivity contribution < 1.29 is 9.59 Å². The molecule has 1 atom stereocenters. The summed E-state index contributed by atoms with van der Waals surface area (Å²) in [4.78, 5) is 29.8. The Morgan fingerprint density at radius 2 is 2.16 bits per heavy atom. The van der Waals surface area contributed by atoms with Gasteiger partial charge in [-0.25, -0.2) is 0 Å². The smallest absolute Gasteiger partial charge is 0.263 e. The first kappa shape index (κ1) is 12.3. The lowest BCUT2D eigenvalue weighted by molar-refractivity contribution is 0.0555. The first-order chi connectivity index (χ1) is 9.11. The zero-order valence-electron chi connectivity index (χ0n) is 11.0. The van der Waals surface area contributed by atoms with Crippen LogP contribution >= 0.6 is 0 Å². The van der Waals surface area contributed by atoms with Crippen molar-refractivity contribution in [3.8, 4) is 0 Å². The van der Waals surface area contributed by atoms with Gasteiger partial charge in [0.25, 0.3) is 11.8 Å². The topological polar surface area (TPSA) is 62.3 Å². The molecule has 0 spiro atoms. The Kier molecular flexibility index (Phi) is 2.86. The average Bonchev–Trinajstić information content (AvgIpc) is 2.65. The number of amides is 2. The number of hydrogen-bond donors (Lipinski definition) is 1. The van der Waals surface area contributed by atoms with Gasteiger partial charge >= 0.3 is 0 Å². The predicted molar refractivity (Wildman–Crippen MR) is 69.8 cm³/mol. The summed E-state index contributed by atoms with van der Waals surface area (Å²) in [6, 6.07) is 1.62. The maximum Gasteiger partial charge on any atom is 0.263 e. The summed E-state index contributed by atoms with van der Waals surface area (Å²) in [7, 11) is 0. The maximum absolute atomic E-state index is 12.3. The van der Waals surface area contributed by atoms with E-state index in [1.54, 1.807) is 12.3 Å². The Labute approximate surface area is 112 Å². The van der Waals surface area contributed by atoms with Gasteiger partial charge < -0.3 is 5.32 Å². The summed E-state index contributed by atoms with van der Waals surface area (Å²) in [5.74, 6) is -0.394.